The third kappa shape index (κ3) is 2.26. The summed E-state index contributed by atoms with van der Waals surface area (Å²) >= 11 is 0. The molecule has 1 saturated carbocycles. The molecule has 1 heterocycles. The molecule has 23 heavy (non-hydrogen) atoms. The number of hydrogen-bond donors (Lipinski definition) is 1. The molecule has 0 amide bonds. The van der Waals surface area contributed by atoms with E-state index in [1.165, 1.54) is 5.57 Å². The van der Waals surface area contributed by atoms with Crippen molar-refractivity contribution >= 4 is 0 Å². The highest BCUT2D eigenvalue weighted by Crippen LogP contribution is 2.62. The largest absolute Gasteiger partial charge is 0.379 e. The first-order valence-corrected chi connectivity index (χ1v) is 8.90. The minimum absolute atomic E-state index is 0.256. The maximum atomic E-state index is 11.8. The molecule has 0 aromatic heterocycles. The monoisotopic (exact) mass is 322 g/mol. The molecule has 1 unspecified atom stereocenters. The highest BCUT2D eigenvalue weighted by molar-refractivity contribution is 5.37. The van der Waals surface area contributed by atoms with E-state index in [4.69, 9.17) is 14.2 Å². The lowest BCUT2D eigenvalue weighted by Crippen LogP contribution is -2.61. The van der Waals surface area contributed by atoms with E-state index in [0.29, 0.717) is 19.1 Å². The first-order valence-electron chi connectivity index (χ1n) is 8.90. The molecule has 0 bridgehead atoms. The molecule has 1 saturated heterocycles. The molecule has 3 rings (SSSR count). The third-order valence-electron chi connectivity index (χ3n) is 6.31. The lowest BCUT2D eigenvalue weighted by Gasteiger charge is -2.56. The Hall–Kier alpha value is -0.680. The Labute approximate surface area is 139 Å². The normalized spacial score (nSPS) is 46.3. The summed E-state index contributed by atoms with van der Waals surface area (Å²) in [5.74, 6) is 0.758. The molecular weight excluding hydrogens is 292 g/mol. The highest BCUT2D eigenvalue weighted by Gasteiger charge is 2.67. The van der Waals surface area contributed by atoms with Gasteiger partial charge in [-0.3, -0.25) is 0 Å². The van der Waals surface area contributed by atoms with Crippen LogP contribution in [-0.2, 0) is 14.2 Å². The van der Waals surface area contributed by atoms with E-state index in [2.05, 4.69) is 26.5 Å². The Morgan fingerprint density at radius 1 is 1.35 bits per heavy atom. The van der Waals surface area contributed by atoms with Crippen molar-refractivity contribution in [2.24, 2.45) is 17.3 Å². The van der Waals surface area contributed by atoms with Crippen molar-refractivity contribution in [2.75, 3.05) is 13.2 Å². The summed E-state index contributed by atoms with van der Waals surface area (Å²) in [4.78, 5) is 0. The van der Waals surface area contributed by atoms with Crippen molar-refractivity contribution in [3.63, 3.8) is 0 Å². The van der Waals surface area contributed by atoms with Crippen LogP contribution < -0.4 is 0 Å². The molecule has 1 aliphatic heterocycles. The molecule has 2 fully saturated rings. The van der Waals surface area contributed by atoms with Crippen molar-refractivity contribution in [2.45, 2.75) is 65.1 Å². The quantitative estimate of drug-likeness (QED) is 0.806. The molecule has 0 aromatic rings. The Bertz CT molecular complexity index is 513. The average molecular weight is 322 g/mol. The van der Waals surface area contributed by atoms with E-state index < -0.39 is 18.2 Å². The predicted molar refractivity (Wildman–Crippen MR) is 88.7 cm³/mol. The highest BCUT2D eigenvalue weighted by atomic mass is 16.8. The van der Waals surface area contributed by atoms with Crippen molar-refractivity contribution in [3.8, 4) is 0 Å². The molecular formula is C19H30O4. The summed E-state index contributed by atoms with van der Waals surface area (Å²) in [6.45, 7) is 13.7. The summed E-state index contributed by atoms with van der Waals surface area (Å²) in [6.07, 6.45) is 3.80. The van der Waals surface area contributed by atoms with Crippen LogP contribution in [0, 0.1) is 17.3 Å². The predicted octanol–water partition coefficient (Wildman–Crippen LogP) is 3.41. The number of fused-ring (bicyclic) bond motifs is 3. The summed E-state index contributed by atoms with van der Waals surface area (Å²) in [7, 11) is 0. The van der Waals surface area contributed by atoms with E-state index in [1.54, 1.807) is 0 Å². The number of hydrogen-bond acceptors (Lipinski definition) is 4. The molecule has 2 aliphatic carbocycles. The molecule has 0 aromatic carbocycles. The van der Waals surface area contributed by atoms with Gasteiger partial charge in [0.15, 0.2) is 12.6 Å². The van der Waals surface area contributed by atoms with E-state index in [9.17, 15) is 5.11 Å². The van der Waals surface area contributed by atoms with Gasteiger partial charge < -0.3 is 19.3 Å². The van der Waals surface area contributed by atoms with Gasteiger partial charge in [-0.15, -0.1) is 0 Å². The second-order valence-corrected chi connectivity index (χ2v) is 7.36. The SMILES string of the molecule is C=C1C2CC=C3[C@@H](OCC)O[C@@H](OCC)[C@]3(O)[C@@]2(C)CC[C@@H]1C. The van der Waals surface area contributed by atoms with Gasteiger partial charge in [-0.25, -0.2) is 0 Å². The smallest absolute Gasteiger partial charge is 0.194 e. The Morgan fingerprint density at radius 3 is 2.70 bits per heavy atom. The first-order chi connectivity index (χ1) is 10.9. The van der Waals surface area contributed by atoms with Gasteiger partial charge in [0.05, 0.1) is 0 Å². The van der Waals surface area contributed by atoms with Gasteiger partial charge in [-0.1, -0.05) is 32.1 Å². The minimum atomic E-state index is -1.14. The van der Waals surface area contributed by atoms with E-state index in [-0.39, 0.29) is 11.3 Å². The number of aliphatic hydroxyl groups is 1. The summed E-state index contributed by atoms with van der Waals surface area (Å²) in [6, 6.07) is 0. The van der Waals surface area contributed by atoms with Crippen molar-refractivity contribution in [1.82, 2.24) is 0 Å². The van der Waals surface area contributed by atoms with Gasteiger partial charge in [0.1, 0.15) is 5.60 Å². The summed E-state index contributed by atoms with van der Waals surface area (Å²) in [5, 5.41) is 11.8. The molecule has 0 radical (unpaired) electrons. The Balaban J connectivity index is 2.05. The van der Waals surface area contributed by atoms with Crippen LogP contribution in [0.25, 0.3) is 0 Å². The van der Waals surface area contributed by atoms with Crippen LogP contribution in [0.5, 0.6) is 0 Å². The molecule has 6 atom stereocenters. The molecule has 4 nitrogen and oxygen atoms in total. The number of ether oxygens (including phenoxy) is 3. The molecule has 130 valence electrons. The zero-order valence-corrected chi connectivity index (χ0v) is 14.8. The lowest BCUT2D eigenvalue weighted by molar-refractivity contribution is -0.259. The second-order valence-electron chi connectivity index (χ2n) is 7.36. The van der Waals surface area contributed by atoms with Crippen LogP contribution >= 0.6 is 0 Å². The fourth-order valence-corrected chi connectivity index (χ4v) is 4.78. The van der Waals surface area contributed by atoms with Crippen LogP contribution in [0.3, 0.4) is 0 Å². The van der Waals surface area contributed by atoms with E-state index in [1.807, 2.05) is 13.8 Å². The zero-order chi connectivity index (χ0) is 16.8. The number of rotatable bonds is 4. The van der Waals surface area contributed by atoms with Crippen LogP contribution in [0.2, 0.25) is 0 Å². The number of allylic oxidation sites excluding steroid dienone is 2. The third-order valence-corrected chi connectivity index (χ3v) is 6.31. The van der Waals surface area contributed by atoms with Gasteiger partial charge >= 0.3 is 0 Å². The lowest BCUT2D eigenvalue weighted by atomic mass is 9.51. The molecule has 0 spiro atoms. The van der Waals surface area contributed by atoms with Gasteiger partial charge in [0.2, 0.25) is 0 Å². The summed E-state index contributed by atoms with van der Waals surface area (Å²) < 4.78 is 17.5. The maximum absolute atomic E-state index is 11.8. The Morgan fingerprint density at radius 2 is 2.04 bits per heavy atom. The average Bonchev–Trinajstić information content (AvgIpc) is 2.79. The summed E-state index contributed by atoms with van der Waals surface area (Å²) in [5.41, 5.74) is 0.623. The zero-order valence-electron chi connectivity index (χ0n) is 14.8. The minimum Gasteiger partial charge on any atom is -0.379 e. The first kappa shape index (κ1) is 17.2. The Kier molecular flexibility index (Phi) is 4.47. The van der Waals surface area contributed by atoms with Crippen molar-refractivity contribution < 1.29 is 19.3 Å². The van der Waals surface area contributed by atoms with Crippen LogP contribution in [-0.4, -0.2) is 36.5 Å². The fraction of sp³-hybridized carbons (Fsp3) is 0.789. The van der Waals surface area contributed by atoms with Crippen molar-refractivity contribution in [3.05, 3.63) is 23.8 Å². The van der Waals surface area contributed by atoms with E-state index >= 15 is 0 Å². The van der Waals surface area contributed by atoms with E-state index in [0.717, 1.165) is 24.8 Å². The second kappa shape index (κ2) is 5.99. The van der Waals surface area contributed by atoms with Crippen molar-refractivity contribution in [1.29, 1.82) is 0 Å². The van der Waals surface area contributed by atoms with Gasteiger partial charge in [0.25, 0.3) is 0 Å². The van der Waals surface area contributed by atoms with Gasteiger partial charge in [-0.2, -0.15) is 0 Å². The molecule has 4 heteroatoms. The molecule has 3 aliphatic rings. The van der Waals surface area contributed by atoms with Gasteiger partial charge in [-0.05, 0) is 44.9 Å². The topological polar surface area (TPSA) is 47.9 Å². The van der Waals surface area contributed by atoms with Gasteiger partial charge in [0, 0.05) is 24.2 Å². The molecule has 1 N–H and O–H groups in total. The maximum Gasteiger partial charge on any atom is 0.194 e. The van der Waals surface area contributed by atoms with Crippen LogP contribution in [0.4, 0.5) is 0 Å². The standard InChI is InChI=1S/C19H30O4/c1-6-21-16-15-9-8-14-13(4)12(3)10-11-18(14,5)19(15,20)17(23-16)22-7-2/h9,12,14,16-17,20H,4,6-8,10-11H2,1-3,5H3/t12-,14?,16-,17+,18-,19-/m0/s1. The van der Waals surface area contributed by atoms with Crippen LogP contribution in [0.15, 0.2) is 23.8 Å². The van der Waals surface area contributed by atoms with Crippen LogP contribution in [0.1, 0.15) is 47.0 Å². The fourth-order valence-electron chi connectivity index (χ4n) is 4.78.